The first-order valence-electron chi connectivity index (χ1n) is 5.20. The lowest BCUT2D eigenvalue weighted by Crippen LogP contribution is -1.82. The molecule has 3 aromatic rings. The molecule has 3 rings (SSSR count). The highest BCUT2D eigenvalue weighted by molar-refractivity contribution is 6.09. The summed E-state index contributed by atoms with van der Waals surface area (Å²) in [6.07, 6.45) is 0. The Hall–Kier alpha value is -2.47. The van der Waals surface area contributed by atoms with Gasteiger partial charge in [0.25, 0.3) is 0 Å². The van der Waals surface area contributed by atoms with Crippen LogP contribution in [0.3, 0.4) is 0 Å². The van der Waals surface area contributed by atoms with Crippen LogP contribution in [0.5, 0.6) is 5.75 Å². The Labute approximate surface area is 98.0 Å². The first kappa shape index (κ1) is 9.73. The van der Waals surface area contributed by atoms with Crippen LogP contribution in [0.1, 0.15) is 0 Å². The molecule has 1 heterocycles. The van der Waals surface area contributed by atoms with Crippen molar-refractivity contribution in [3.63, 3.8) is 0 Å². The Morgan fingerprint density at radius 3 is 2.76 bits per heavy atom. The molecule has 0 aliphatic rings. The van der Waals surface area contributed by atoms with Crippen LogP contribution < -0.4 is 4.74 Å². The molecule has 0 amide bonds. The Bertz CT molecular complexity index is 750. The molecule has 1 aromatic heterocycles. The van der Waals surface area contributed by atoms with E-state index in [1.807, 2.05) is 24.3 Å². The molecule has 0 fully saturated rings. The molecule has 0 N–H and O–H groups in total. The van der Waals surface area contributed by atoms with Gasteiger partial charge in [-0.3, -0.25) is 0 Å². The summed E-state index contributed by atoms with van der Waals surface area (Å²) in [5.74, 6) is 0.679. The summed E-state index contributed by atoms with van der Waals surface area (Å²) in [5, 5.41) is 1.94. The van der Waals surface area contributed by atoms with Crippen LogP contribution in [0.15, 0.2) is 40.8 Å². The predicted octanol–water partition coefficient (Wildman–Crippen LogP) is 4.15. The van der Waals surface area contributed by atoms with Crippen molar-refractivity contribution < 1.29 is 9.15 Å². The molecule has 0 radical (unpaired) electrons. The van der Waals surface area contributed by atoms with Gasteiger partial charge in [-0.05, 0) is 18.2 Å². The van der Waals surface area contributed by atoms with Crippen molar-refractivity contribution in [3.8, 4) is 5.75 Å². The molecule has 0 unspecified atom stereocenters. The molecule has 0 aliphatic heterocycles. The quantitative estimate of drug-likeness (QED) is 0.579. The summed E-state index contributed by atoms with van der Waals surface area (Å²) in [7, 11) is 1.60. The van der Waals surface area contributed by atoms with Gasteiger partial charge in [0, 0.05) is 5.39 Å². The standard InChI is InChI=1S/C14H9NO2/c1-15-9-7-12(16-2)14-10-5-3-4-6-11(10)17-13(14)8-9/h3-8H,2H3. The molecule has 0 saturated carbocycles. The predicted molar refractivity (Wildman–Crippen MR) is 66.5 cm³/mol. The van der Waals surface area contributed by atoms with Gasteiger partial charge in [-0.15, -0.1) is 0 Å². The monoisotopic (exact) mass is 223 g/mol. The number of rotatable bonds is 1. The Balaban J connectivity index is 2.53. The second-order valence-corrected chi connectivity index (χ2v) is 3.73. The zero-order valence-corrected chi connectivity index (χ0v) is 9.23. The van der Waals surface area contributed by atoms with Crippen LogP contribution in [-0.4, -0.2) is 7.11 Å². The number of benzene rings is 2. The fraction of sp³-hybridized carbons (Fsp3) is 0.0714. The van der Waals surface area contributed by atoms with Gasteiger partial charge in [-0.2, -0.15) is 0 Å². The lowest BCUT2D eigenvalue weighted by molar-refractivity contribution is 0.420. The van der Waals surface area contributed by atoms with E-state index in [0.29, 0.717) is 17.0 Å². The van der Waals surface area contributed by atoms with Crippen molar-refractivity contribution in [1.29, 1.82) is 0 Å². The highest BCUT2D eigenvalue weighted by Gasteiger charge is 2.12. The number of fused-ring (bicyclic) bond motifs is 3. The molecular weight excluding hydrogens is 214 g/mol. The van der Waals surface area contributed by atoms with Crippen LogP contribution in [0.25, 0.3) is 26.8 Å². The van der Waals surface area contributed by atoms with Crippen LogP contribution in [-0.2, 0) is 0 Å². The third kappa shape index (κ3) is 1.35. The largest absolute Gasteiger partial charge is 0.497 e. The second kappa shape index (κ2) is 3.53. The molecule has 3 nitrogen and oxygen atoms in total. The van der Waals surface area contributed by atoms with E-state index in [2.05, 4.69) is 4.85 Å². The molecule has 0 atom stereocenters. The average Bonchev–Trinajstić information content (AvgIpc) is 2.75. The van der Waals surface area contributed by atoms with E-state index in [-0.39, 0.29) is 0 Å². The molecule has 82 valence electrons. The smallest absolute Gasteiger partial charge is 0.194 e. The maximum absolute atomic E-state index is 7.05. The van der Waals surface area contributed by atoms with Gasteiger partial charge in [0.2, 0.25) is 0 Å². The van der Waals surface area contributed by atoms with E-state index in [1.54, 1.807) is 19.2 Å². The summed E-state index contributed by atoms with van der Waals surface area (Å²) < 4.78 is 11.0. The highest BCUT2D eigenvalue weighted by Crippen LogP contribution is 2.38. The lowest BCUT2D eigenvalue weighted by atomic mass is 10.1. The molecule has 0 aliphatic carbocycles. The van der Waals surface area contributed by atoms with Crippen molar-refractivity contribution in [3.05, 3.63) is 47.8 Å². The zero-order chi connectivity index (χ0) is 11.8. The fourth-order valence-electron chi connectivity index (χ4n) is 2.03. The second-order valence-electron chi connectivity index (χ2n) is 3.73. The summed E-state index contributed by atoms with van der Waals surface area (Å²) in [6, 6.07) is 11.3. The minimum absolute atomic E-state index is 0.522. The maximum Gasteiger partial charge on any atom is 0.194 e. The third-order valence-corrected chi connectivity index (χ3v) is 2.78. The highest BCUT2D eigenvalue weighted by atomic mass is 16.5. The van der Waals surface area contributed by atoms with Gasteiger partial charge in [0.15, 0.2) is 5.69 Å². The van der Waals surface area contributed by atoms with Crippen molar-refractivity contribution in [1.82, 2.24) is 0 Å². The molecular formula is C14H9NO2. The molecule has 0 bridgehead atoms. The molecule has 2 aromatic carbocycles. The van der Waals surface area contributed by atoms with Crippen LogP contribution in [0.2, 0.25) is 0 Å². The van der Waals surface area contributed by atoms with Crippen molar-refractivity contribution >= 4 is 27.6 Å². The number of hydrogen-bond donors (Lipinski definition) is 0. The van der Waals surface area contributed by atoms with Crippen molar-refractivity contribution in [2.75, 3.05) is 7.11 Å². The van der Waals surface area contributed by atoms with E-state index in [0.717, 1.165) is 16.4 Å². The SMILES string of the molecule is [C-]#[N+]c1cc(OC)c2c(c1)oc1ccccc12. The van der Waals surface area contributed by atoms with Crippen LogP contribution >= 0.6 is 0 Å². The van der Waals surface area contributed by atoms with E-state index in [1.165, 1.54) is 0 Å². The number of para-hydroxylation sites is 1. The lowest BCUT2D eigenvalue weighted by Gasteiger charge is -2.01. The maximum atomic E-state index is 7.05. The molecule has 3 heteroatoms. The number of ether oxygens (including phenoxy) is 1. The van der Waals surface area contributed by atoms with Gasteiger partial charge in [0.1, 0.15) is 16.9 Å². The fourth-order valence-corrected chi connectivity index (χ4v) is 2.03. The Kier molecular flexibility index (Phi) is 2.02. The van der Waals surface area contributed by atoms with E-state index in [4.69, 9.17) is 15.7 Å². The van der Waals surface area contributed by atoms with Crippen LogP contribution in [0.4, 0.5) is 5.69 Å². The van der Waals surface area contributed by atoms with E-state index >= 15 is 0 Å². The number of methoxy groups -OCH3 is 1. The van der Waals surface area contributed by atoms with Crippen molar-refractivity contribution in [2.24, 2.45) is 0 Å². The summed E-state index contributed by atoms with van der Waals surface area (Å²) >= 11 is 0. The van der Waals surface area contributed by atoms with Crippen molar-refractivity contribution in [2.45, 2.75) is 0 Å². The van der Waals surface area contributed by atoms with Gasteiger partial charge in [-0.25, -0.2) is 4.85 Å². The van der Waals surface area contributed by atoms with Gasteiger partial charge in [-0.1, -0.05) is 18.2 Å². The molecule has 0 spiro atoms. The minimum atomic E-state index is 0.522. The van der Waals surface area contributed by atoms with E-state index < -0.39 is 0 Å². The third-order valence-electron chi connectivity index (χ3n) is 2.78. The molecule has 17 heavy (non-hydrogen) atoms. The molecule has 0 saturated heterocycles. The number of hydrogen-bond acceptors (Lipinski definition) is 2. The first-order valence-corrected chi connectivity index (χ1v) is 5.20. The van der Waals surface area contributed by atoms with Crippen LogP contribution in [0, 0.1) is 6.57 Å². The number of nitrogens with zero attached hydrogens (tertiary/aromatic N) is 1. The summed E-state index contributed by atoms with van der Waals surface area (Å²) in [5.41, 5.74) is 2.02. The number of furan rings is 1. The Morgan fingerprint density at radius 2 is 2.00 bits per heavy atom. The normalized spacial score (nSPS) is 10.6. The Morgan fingerprint density at radius 1 is 1.18 bits per heavy atom. The summed E-state index contributed by atoms with van der Waals surface area (Å²) in [4.78, 5) is 3.41. The topological polar surface area (TPSA) is 26.7 Å². The van der Waals surface area contributed by atoms with Gasteiger partial charge < -0.3 is 9.15 Å². The van der Waals surface area contributed by atoms with E-state index in [9.17, 15) is 0 Å². The summed E-state index contributed by atoms with van der Waals surface area (Å²) in [6.45, 7) is 7.05. The zero-order valence-electron chi connectivity index (χ0n) is 9.23. The van der Waals surface area contributed by atoms with Gasteiger partial charge >= 0.3 is 0 Å². The first-order chi connectivity index (χ1) is 8.33. The average molecular weight is 223 g/mol. The minimum Gasteiger partial charge on any atom is -0.497 e. The van der Waals surface area contributed by atoms with Gasteiger partial charge in [0.05, 0.1) is 19.1 Å².